The van der Waals surface area contributed by atoms with Gasteiger partial charge in [0, 0.05) is 13.1 Å². The van der Waals surface area contributed by atoms with Crippen molar-refractivity contribution < 1.29 is 5.21 Å². The molecule has 0 spiro atoms. The quantitative estimate of drug-likeness (QED) is 0.370. The van der Waals surface area contributed by atoms with Gasteiger partial charge in [0.1, 0.15) is 0 Å². The summed E-state index contributed by atoms with van der Waals surface area (Å²) < 4.78 is 2.97. The third-order valence-electron chi connectivity index (χ3n) is 2.43. The van der Waals surface area contributed by atoms with Crippen LogP contribution in [0.3, 0.4) is 0 Å². The molecule has 0 unspecified atom stereocenters. The van der Waals surface area contributed by atoms with E-state index < -0.39 is 0 Å². The molecule has 17 heavy (non-hydrogen) atoms. The van der Waals surface area contributed by atoms with Crippen LogP contribution in [0.4, 0.5) is 0 Å². The Kier molecular flexibility index (Phi) is 4.95. The van der Waals surface area contributed by atoms with Gasteiger partial charge in [0.15, 0.2) is 5.84 Å². The van der Waals surface area contributed by atoms with Crippen molar-refractivity contribution in [2.24, 2.45) is 10.9 Å². The van der Waals surface area contributed by atoms with Crippen LogP contribution in [0.1, 0.15) is 18.3 Å². The van der Waals surface area contributed by atoms with Crippen LogP contribution in [0.25, 0.3) is 0 Å². The molecular weight excluding hydrogens is 286 g/mol. The van der Waals surface area contributed by atoms with E-state index in [1.54, 1.807) is 0 Å². The molecule has 0 bridgehead atoms. The Morgan fingerprint density at radius 2 is 2.29 bits per heavy atom. The summed E-state index contributed by atoms with van der Waals surface area (Å²) in [6.07, 6.45) is 0. The van der Waals surface area contributed by atoms with Crippen LogP contribution in [-0.2, 0) is 13.1 Å². The van der Waals surface area contributed by atoms with Gasteiger partial charge in [-0.2, -0.15) is 5.10 Å². The number of likely N-dealkylation sites (N-methyl/N-ethyl adjacent to an activating group) is 1. The number of hydrogen-bond donors (Lipinski definition) is 2. The van der Waals surface area contributed by atoms with E-state index in [0.29, 0.717) is 13.1 Å². The molecule has 0 aliphatic rings. The summed E-state index contributed by atoms with van der Waals surface area (Å²) in [7, 11) is 1.91. The molecule has 0 aliphatic carbocycles. The van der Waals surface area contributed by atoms with Crippen LogP contribution in [-0.4, -0.2) is 39.3 Å². The molecule has 7 heteroatoms. The van der Waals surface area contributed by atoms with Gasteiger partial charge < -0.3 is 10.9 Å². The Hall–Kier alpha value is -1.08. The van der Waals surface area contributed by atoms with Crippen molar-refractivity contribution in [1.82, 2.24) is 14.7 Å². The number of aromatic nitrogens is 2. The van der Waals surface area contributed by atoms with Crippen molar-refractivity contribution >= 4 is 21.8 Å². The van der Waals surface area contributed by atoms with Gasteiger partial charge in [-0.1, -0.05) is 5.16 Å². The summed E-state index contributed by atoms with van der Waals surface area (Å²) in [6, 6.07) is 0. The highest BCUT2D eigenvalue weighted by Crippen LogP contribution is 2.22. The minimum absolute atomic E-state index is 0.197. The average Bonchev–Trinajstić information content (AvgIpc) is 2.56. The minimum atomic E-state index is 0.197. The maximum atomic E-state index is 8.52. The molecule has 0 saturated heterocycles. The Morgan fingerprint density at radius 1 is 1.65 bits per heavy atom. The third-order valence-corrected chi connectivity index (χ3v) is 3.46. The van der Waals surface area contributed by atoms with Gasteiger partial charge in [-0.25, -0.2) is 0 Å². The molecule has 1 aromatic heterocycles. The van der Waals surface area contributed by atoms with E-state index in [2.05, 4.69) is 26.2 Å². The number of aryl methyl sites for hydroxylation is 2. The first kappa shape index (κ1) is 14.0. The van der Waals surface area contributed by atoms with Crippen molar-refractivity contribution in [2.45, 2.75) is 26.9 Å². The Morgan fingerprint density at radius 3 is 2.82 bits per heavy atom. The van der Waals surface area contributed by atoms with Crippen molar-refractivity contribution in [3.8, 4) is 0 Å². The Balaban J connectivity index is 2.80. The predicted octanol–water partition coefficient (Wildman–Crippen LogP) is 1.15. The fourth-order valence-corrected chi connectivity index (χ4v) is 2.05. The van der Waals surface area contributed by atoms with Crippen LogP contribution in [0.15, 0.2) is 9.63 Å². The van der Waals surface area contributed by atoms with E-state index in [-0.39, 0.29) is 5.84 Å². The maximum Gasteiger partial charge on any atom is 0.153 e. The zero-order valence-electron chi connectivity index (χ0n) is 10.3. The third kappa shape index (κ3) is 3.44. The van der Waals surface area contributed by atoms with Crippen molar-refractivity contribution in [3.63, 3.8) is 0 Å². The lowest BCUT2D eigenvalue weighted by Crippen LogP contribution is -2.31. The van der Waals surface area contributed by atoms with Gasteiger partial charge in [0.2, 0.25) is 0 Å². The van der Waals surface area contributed by atoms with Crippen LogP contribution in [0.5, 0.6) is 0 Å². The smallest absolute Gasteiger partial charge is 0.153 e. The molecule has 3 N–H and O–H groups in total. The van der Waals surface area contributed by atoms with Gasteiger partial charge >= 0.3 is 0 Å². The maximum absolute atomic E-state index is 8.52. The van der Waals surface area contributed by atoms with Crippen LogP contribution in [0, 0.1) is 6.92 Å². The summed E-state index contributed by atoms with van der Waals surface area (Å²) in [5.41, 5.74) is 7.53. The van der Waals surface area contributed by atoms with Gasteiger partial charge in [-0.3, -0.25) is 9.58 Å². The first-order valence-electron chi connectivity index (χ1n) is 5.36. The zero-order valence-corrected chi connectivity index (χ0v) is 11.9. The molecule has 0 fully saturated rings. The number of hydrogen-bond acceptors (Lipinski definition) is 4. The fraction of sp³-hybridized carbons (Fsp3) is 0.600. The van der Waals surface area contributed by atoms with Gasteiger partial charge in [0.25, 0.3) is 0 Å². The van der Waals surface area contributed by atoms with E-state index in [0.717, 1.165) is 22.4 Å². The summed E-state index contributed by atoms with van der Waals surface area (Å²) >= 11 is 3.53. The van der Waals surface area contributed by atoms with Crippen LogP contribution in [0.2, 0.25) is 0 Å². The van der Waals surface area contributed by atoms with Crippen LogP contribution < -0.4 is 5.73 Å². The molecule has 6 nitrogen and oxygen atoms in total. The molecule has 0 aromatic carbocycles. The van der Waals surface area contributed by atoms with E-state index >= 15 is 0 Å². The average molecular weight is 304 g/mol. The fourth-order valence-electron chi connectivity index (χ4n) is 1.64. The molecule has 1 aromatic rings. The first-order chi connectivity index (χ1) is 7.99. The van der Waals surface area contributed by atoms with E-state index in [4.69, 9.17) is 10.9 Å². The molecular formula is C10H18BrN5O. The largest absolute Gasteiger partial charge is 0.409 e. The lowest BCUT2D eigenvalue weighted by Gasteiger charge is -2.16. The number of nitrogens with zero attached hydrogens (tertiary/aromatic N) is 4. The van der Waals surface area contributed by atoms with Gasteiger partial charge in [-0.15, -0.1) is 0 Å². The van der Waals surface area contributed by atoms with Crippen molar-refractivity contribution in [1.29, 1.82) is 0 Å². The highest BCUT2D eigenvalue weighted by Gasteiger charge is 2.14. The lowest BCUT2D eigenvalue weighted by molar-refractivity contribution is 0.306. The van der Waals surface area contributed by atoms with Crippen molar-refractivity contribution in [3.05, 3.63) is 15.9 Å². The Labute approximate surface area is 109 Å². The van der Waals surface area contributed by atoms with E-state index in [1.807, 2.05) is 30.5 Å². The molecule has 1 rings (SSSR count). The monoisotopic (exact) mass is 303 g/mol. The highest BCUT2D eigenvalue weighted by atomic mass is 79.9. The number of rotatable bonds is 5. The SMILES string of the molecule is CCn1nc(C)c(Br)c1CN(C)CC(N)=NO. The van der Waals surface area contributed by atoms with E-state index in [9.17, 15) is 0 Å². The minimum Gasteiger partial charge on any atom is -0.409 e. The second kappa shape index (κ2) is 6.02. The Bertz CT molecular complexity index is 415. The first-order valence-corrected chi connectivity index (χ1v) is 6.15. The molecule has 0 amide bonds. The number of nitrogens with two attached hydrogens (primary N) is 1. The second-order valence-corrected chi connectivity index (χ2v) is 4.72. The summed E-state index contributed by atoms with van der Waals surface area (Å²) in [5.74, 6) is 0.197. The zero-order chi connectivity index (χ0) is 13.0. The molecule has 0 saturated carbocycles. The second-order valence-electron chi connectivity index (χ2n) is 3.93. The normalized spacial score (nSPS) is 12.4. The summed E-state index contributed by atoms with van der Waals surface area (Å²) in [4.78, 5) is 1.96. The molecule has 0 aliphatic heterocycles. The van der Waals surface area contributed by atoms with Crippen LogP contribution >= 0.6 is 15.9 Å². The number of amidine groups is 1. The van der Waals surface area contributed by atoms with Gasteiger partial charge in [-0.05, 0) is 36.8 Å². The summed E-state index contributed by atoms with van der Waals surface area (Å²) in [5, 5.41) is 15.9. The highest BCUT2D eigenvalue weighted by molar-refractivity contribution is 9.10. The lowest BCUT2D eigenvalue weighted by atomic mass is 10.3. The molecule has 1 heterocycles. The number of halogens is 1. The van der Waals surface area contributed by atoms with Gasteiger partial charge in [0.05, 0.1) is 22.4 Å². The predicted molar refractivity (Wildman–Crippen MR) is 70.1 cm³/mol. The molecule has 0 atom stereocenters. The van der Waals surface area contributed by atoms with E-state index in [1.165, 1.54) is 0 Å². The molecule has 96 valence electrons. The standard InChI is InChI=1S/C10H18BrN5O/c1-4-16-8(10(11)7(2)13-16)5-15(3)6-9(12)14-17/h17H,4-6H2,1-3H3,(H2,12,14). The molecule has 0 radical (unpaired) electrons. The van der Waals surface area contributed by atoms with Crippen molar-refractivity contribution in [2.75, 3.05) is 13.6 Å². The topological polar surface area (TPSA) is 79.7 Å². The summed E-state index contributed by atoms with van der Waals surface area (Å²) in [6.45, 7) is 5.93. The number of oxime groups is 1.